The first-order valence-electron chi connectivity index (χ1n) is 23.0. The lowest BCUT2D eigenvalue weighted by molar-refractivity contribution is 0.467. The van der Waals surface area contributed by atoms with Crippen LogP contribution in [0.3, 0.4) is 0 Å². The summed E-state index contributed by atoms with van der Waals surface area (Å²) in [4.78, 5) is 0. The monoisotopic (exact) mass is 852 g/mol. The van der Waals surface area contributed by atoms with Gasteiger partial charge in [0.25, 0.3) is 6.71 Å². The maximum Gasteiger partial charge on any atom is 0.260 e. The van der Waals surface area contributed by atoms with E-state index in [9.17, 15) is 0 Å². The van der Waals surface area contributed by atoms with Crippen LogP contribution in [0.1, 0.15) is 0 Å². The van der Waals surface area contributed by atoms with Crippen molar-refractivity contribution in [1.29, 1.82) is 0 Å². The molecule has 0 N–H and O–H groups in total. The molecule has 310 valence electrons. The van der Waals surface area contributed by atoms with Crippen LogP contribution in [0.25, 0.3) is 98.8 Å². The minimum absolute atomic E-state index is 0.219. The molecule has 0 radical (unpaired) electrons. The molecule has 0 spiro atoms. The number of benzene rings is 11. The first-order chi connectivity index (χ1) is 33.2. The van der Waals surface area contributed by atoms with Crippen molar-refractivity contribution in [2.45, 2.75) is 0 Å². The molecule has 2 aliphatic rings. The molecule has 0 saturated heterocycles. The van der Waals surface area contributed by atoms with Crippen LogP contribution in [0.5, 0.6) is 23.0 Å². The Balaban J connectivity index is 1.08. The summed E-state index contributed by atoms with van der Waals surface area (Å²) in [5, 5.41) is 9.52. The van der Waals surface area contributed by atoms with Crippen molar-refractivity contribution in [2.24, 2.45) is 0 Å². The van der Waals surface area contributed by atoms with Gasteiger partial charge < -0.3 is 18.6 Å². The fourth-order valence-electron chi connectivity index (χ4n) is 11.4. The molecule has 67 heavy (non-hydrogen) atoms. The molecule has 0 amide bonds. The van der Waals surface area contributed by atoms with E-state index in [-0.39, 0.29) is 6.71 Å². The van der Waals surface area contributed by atoms with Gasteiger partial charge in [-0.05, 0) is 98.2 Å². The van der Waals surface area contributed by atoms with Gasteiger partial charge in [-0.1, -0.05) is 158 Å². The van der Waals surface area contributed by atoms with Gasteiger partial charge in [-0.3, -0.25) is 0 Å². The van der Waals surface area contributed by atoms with Crippen molar-refractivity contribution < 1.29 is 9.47 Å². The highest BCUT2D eigenvalue weighted by Crippen LogP contribution is 2.49. The number of hydrogen-bond acceptors (Lipinski definition) is 2. The van der Waals surface area contributed by atoms with Gasteiger partial charge in [0, 0.05) is 61.6 Å². The SMILES string of the molecule is c1ccc(-n2c3ccccc3c3cc4c(cc32)Oc2c(-c3ccc5ccccc5c3)cc(-c3ccc5ccccc5c3)c3c2B4c2cc4c5ccccc5n(-c5ccccc5)c4cc2O3)cc1. The summed E-state index contributed by atoms with van der Waals surface area (Å²) in [6.45, 7) is -0.219. The lowest BCUT2D eigenvalue weighted by Gasteiger charge is -2.35. The third-order valence-corrected chi connectivity index (χ3v) is 14.4. The van der Waals surface area contributed by atoms with Crippen LogP contribution < -0.4 is 25.9 Å². The molecular formula is C62H37BN2O2. The van der Waals surface area contributed by atoms with Crippen molar-refractivity contribution >= 4 is 88.3 Å². The third kappa shape index (κ3) is 5.31. The molecule has 0 atom stereocenters. The predicted octanol–water partition coefficient (Wildman–Crippen LogP) is 14.2. The zero-order valence-electron chi connectivity index (χ0n) is 36.2. The van der Waals surface area contributed by atoms with Crippen LogP contribution in [-0.2, 0) is 0 Å². The molecule has 11 aromatic carbocycles. The van der Waals surface area contributed by atoms with Gasteiger partial charge in [-0.25, -0.2) is 0 Å². The van der Waals surface area contributed by atoms with Crippen LogP contribution >= 0.6 is 0 Å². The van der Waals surface area contributed by atoms with Gasteiger partial charge in [-0.15, -0.1) is 0 Å². The minimum Gasteiger partial charge on any atom is -0.458 e. The Morgan fingerprint density at radius 1 is 0.313 bits per heavy atom. The fraction of sp³-hybridized carbons (Fsp3) is 0. The molecule has 4 nitrogen and oxygen atoms in total. The standard InChI is InChI=1S/C62H37BN2O2/c1-3-19-44(20-4-1)64-54-25-13-11-23-46(54)50-34-52-58(36-56(50)64)66-61-48(42-29-27-38-15-7-9-17-40(38)31-42)33-49(43-30-28-39-16-8-10-18-41(39)32-43)62-60(61)63(52)53-35-51-47-24-12-14-26-55(47)65(45-21-5-2-6-22-45)57(51)37-59(53)67-62/h1-37H. The van der Waals surface area contributed by atoms with E-state index in [2.05, 4.69) is 234 Å². The molecule has 0 saturated carbocycles. The summed E-state index contributed by atoms with van der Waals surface area (Å²) >= 11 is 0. The quantitative estimate of drug-likeness (QED) is 0.165. The van der Waals surface area contributed by atoms with E-state index in [1.807, 2.05) is 0 Å². The molecule has 5 heteroatoms. The summed E-state index contributed by atoms with van der Waals surface area (Å²) in [7, 11) is 0. The molecule has 2 aliphatic heterocycles. The molecule has 15 rings (SSSR count). The summed E-state index contributed by atoms with van der Waals surface area (Å²) in [6, 6.07) is 81.3. The second-order valence-electron chi connectivity index (χ2n) is 18.0. The van der Waals surface area contributed by atoms with Gasteiger partial charge >= 0.3 is 0 Å². The Kier molecular flexibility index (Phi) is 7.55. The van der Waals surface area contributed by atoms with Gasteiger partial charge in [-0.2, -0.15) is 0 Å². The van der Waals surface area contributed by atoms with E-state index in [1.54, 1.807) is 0 Å². The van der Waals surface area contributed by atoms with E-state index < -0.39 is 0 Å². The third-order valence-electron chi connectivity index (χ3n) is 14.4. The normalized spacial score (nSPS) is 12.7. The Morgan fingerprint density at radius 2 is 0.731 bits per heavy atom. The molecule has 0 bridgehead atoms. The minimum atomic E-state index is -0.219. The predicted molar refractivity (Wildman–Crippen MR) is 279 cm³/mol. The molecule has 0 unspecified atom stereocenters. The molecule has 13 aromatic rings. The van der Waals surface area contributed by atoms with Crippen LogP contribution in [0.15, 0.2) is 224 Å². The first kappa shape index (κ1) is 36.5. The van der Waals surface area contributed by atoms with E-state index in [0.29, 0.717) is 0 Å². The lowest BCUT2D eigenvalue weighted by atomic mass is 9.34. The first-order valence-corrected chi connectivity index (χ1v) is 23.0. The summed E-state index contributed by atoms with van der Waals surface area (Å²) < 4.78 is 19.8. The molecular weight excluding hydrogens is 816 g/mol. The lowest BCUT2D eigenvalue weighted by Crippen LogP contribution is -2.57. The highest BCUT2D eigenvalue weighted by molar-refractivity contribution is 6.98. The Labute approximate surface area is 386 Å². The summed E-state index contributed by atoms with van der Waals surface area (Å²) in [5.41, 5.74) is 14.3. The molecule has 4 heterocycles. The van der Waals surface area contributed by atoms with E-state index in [4.69, 9.17) is 9.47 Å². The average molecular weight is 853 g/mol. The highest BCUT2D eigenvalue weighted by Gasteiger charge is 2.44. The topological polar surface area (TPSA) is 28.3 Å². The largest absolute Gasteiger partial charge is 0.458 e. The number of rotatable bonds is 4. The number of ether oxygens (including phenoxy) is 2. The van der Waals surface area contributed by atoms with Crippen molar-refractivity contribution in [3.05, 3.63) is 224 Å². The maximum atomic E-state index is 7.52. The zero-order chi connectivity index (χ0) is 43.7. The van der Waals surface area contributed by atoms with Crippen LogP contribution in [0, 0.1) is 0 Å². The van der Waals surface area contributed by atoms with Crippen molar-refractivity contribution in [1.82, 2.24) is 9.13 Å². The van der Waals surface area contributed by atoms with Gasteiger partial charge in [0.1, 0.15) is 23.0 Å². The summed E-state index contributed by atoms with van der Waals surface area (Å²) in [6.07, 6.45) is 0. The summed E-state index contributed by atoms with van der Waals surface area (Å²) in [5.74, 6) is 3.34. The average Bonchev–Trinajstić information content (AvgIpc) is 3.89. The highest BCUT2D eigenvalue weighted by atomic mass is 16.5. The van der Waals surface area contributed by atoms with Crippen LogP contribution in [0.2, 0.25) is 0 Å². The van der Waals surface area contributed by atoms with Gasteiger partial charge in [0.15, 0.2) is 0 Å². The second-order valence-corrected chi connectivity index (χ2v) is 18.0. The van der Waals surface area contributed by atoms with Crippen molar-refractivity contribution in [2.75, 3.05) is 0 Å². The van der Waals surface area contributed by atoms with Crippen molar-refractivity contribution in [3.8, 4) is 56.6 Å². The zero-order valence-corrected chi connectivity index (χ0v) is 36.2. The van der Waals surface area contributed by atoms with E-state index in [0.717, 1.165) is 95.1 Å². The van der Waals surface area contributed by atoms with Crippen LogP contribution in [-0.4, -0.2) is 15.8 Å². The number of para-hydroxylation sites is 4. The van der Waals surface area contributed by atoms with Crippen molar-refractivity contribution in [3.63, 3.8) is 0 Å². The maximum absolute atomic E-state index is 7.52. The number of aromatic nitrogens is 2. The number of hydrogen-bond donors (Lipinski definition) is 0. The Bertz CT molecular complexity index is 3960. The fourth-order valence-corrected chi connectivity index (χ4v) is 11.4. The smallest absolute Gasteiger partial charge is 0.260 e. The molecule has 0 fully saturated rings. The Morgan fingerprint density at radius 3 is 1.21 bits per heavy atom. The van der Waals surface area contributed by atoms with E-state index in [1.165, 1.54) is 43.1 Å². The number of fused-ring (bicyclic) bond motifs is 12. The number of nitrogens with zero attached hydrogens (tertiary/aromatic N) is 2. The van der Waals surface area contributed by atoms with Gasteiger partial charge in [0.05, 0.1) is 22.1 Å². The Hall–Kier alpha value is -8.80. The van der Waals surface area contributed by atoms with E-state index >= 15 is 0 Å². The van der Waals surface area contributed by atoms with Crippen LogP contribution in [0.4, 0.5) is 0 Å². The van der Waals surface area contributed by atoms with Gasteiger partial charge in [0.2, 0.25) is 0 Å². The molecule has 2 aromatic heterocycles. The second kappa shape index (κ2) is 13.9. The molecule has 0 aliphatic carbocycles.